The maximum Gasteiger partial charge on any atom is 0.330 e. The normalized spacial score (nSPS) is 19.3. The van der Waals surface area contributed by atoms with E-state index in [0.717, 1.165) is 16.7 Å². The second-order valence-electron chi connectivity index (χ2n) is 13.2. The third kappa shape index (κ3) is 8.94. The maximum atomic E-state index is 13.3. The number of nitriles is 1. The minimum Gasteiger partial charge on any atom is -0.497 e. The van der Waals surface area contributed by atoms with Gasteiger partial charge in [-0.2, -0.15) is 5.26 Å². The summed E-state index contributed by atoms with van der Waals surface area (Å²) >= 11 is 0. The molecule has 288 valence electrons. The van der Waals surface area contributed by atoms with Crippen molar-refractivity contribution < 1.29 is 32.7 Å². The van der Waals surface area contributed by atoms with Gasteiger partial charge in [0.15, 0.2) is 6.23 Å². The predicted molar refractivity (Wildman–Crippen MR) is 204 cm³/mol. The summed E-state index contributed by atoms with van der Waals surface area (Å²) in [6.45, 7) is 8.26. The summed E-state index contributed by atoms with van der Waals surface area (Å²) in [6.07, 6.45) is -1.98. The number of nitrogens with zero attached hydrogens (tertiary/aromatic N) is 3. The minimum atomic E-state index is -1.79. The number of ether oxygens (including phenoxy) is 5. The number of nitrogens with one attached hydrogen (secondary N) is 1. The van der Waals surface area contributed by atoms with Gasteiger partial charge in [-0.05, 0) is 68.7 Å². The van der Waals surface area contributed by atoms with Crippen LogP contribution in [0.4, 0.5) is 0 Å². The summed E-state index contributed by atoms with van der Waals surface area (Å²) in [6, 6.07) is 28.7. The van der Waals surface area contributed by atoms with Gasteiger partial charge in [-0.15, -0.1) is 0 Å². The summed E-state index contributed by atoms with van der Waals surface area (Å²) in [7, 11) is 3.00. The standard InChI is InChI=1S/C40H49N4O9P/c1-27(2)44(28(3)4)54(51-25-11-23-41)53-37-36(49-7)34(52-38(37)43-24-22-35(45)42-39(43)46)26-50-40(29-12-9-8-10-13-29,30-14-18-32(47-5)19-15-30)31-16-20-33(48-6)21-17-31/h8-10,12-22,24,27-28,34,36-38H,11,25-26H2,1-7H3,(H,42,45,46)/t34-,36-,37-,38-,54?/m1/s1. The predicted octanol–water partition coefficient (Wildman–Crippen LogP) is 6.14. The lowest BCUT2D eigenvalue weighted by Gasteiger charge is -2.38. The van der Waals surface area contributed by atoms with Crippen LogP contribution in [0, 0.1) is 11.3 Å². The topological polar surface area (TPSA) is 146 Å². The fraction of sp³-hybridized carbons (Fsp3) is 0.425. The number of benzene rings is 3. The van der Waals surface area contributed by atoms with Crippen LogP contribution >= 0.6 is 8.53 Å². The molecule has 1 saturated heterocycles. The molecule has 4 aromatic rings. The van der Waals surface area contributed by atoms with Crippen molar-refractivity contribution in [1.82, 2.24) is 14.2 Å². The molecule has 0 spiro atoms. The van der Waals surface area contributed by atoms with Crippen molar-refractivity contribution in [2.24, 2.45) is 0 Å². The molecular weight excluding hydrogens is 711 g/mol. The van der Waals surface area contributed by atoms with Crippen LogP contribution in [-0.4, -0.2) is 79.2 Å². The number of aromatic amines is 1. The first kappa shape index (κ1) is 40.8. The van der Waals surface area contributed by atoms with Gasteiger partial charge in [0.25, 0.3) is 14.1 Å². The van der Waals surface area contributed by atoms with Crippen LogP contribution in [0.5, 0.6) is 11.5 Å². The Morgan fingerprint density at radius 1 is 0.852 bits per heavy atom. The first-order valence-electron chi connectivity index (χ1n) is 17.8. The molecule has 1 unspecified atom stereocenters. The number of rotatable bonds is 18. The van der Waals surface area contributed by atoms with Crippen LogP contribution in [0.1, 0.15) is 57.0 Å². The van der Waals surface area contributed by atoms with Gasteiger partial charge in [0, 0.05) is 31.5 Å². The molecule has 0 amide bonds. The molecule has 5 rings (SSSR count). The smallest absolute Gasteiger partial charge is 0.330 e. The molecular formula is C40H49N4O9P. The van der Waals surface area contributed by atoms with E-state index in [1.54, 1.807) is 21.3 Å². The Bertz CT molecular complexity index is 1870. The Morgan fingerprint density at radius 2 is 1.43 bits per heavy atom. The largest absolute Gasteiger partial charge is 0.497 e. The van der Waals surface area contributed by atoms with E-state index in [1.807, 2.05) is 107 Å². The molecule has 1 N–H and O–H groups in total. The Hall–Kier alpha value is -4.38. The minimum absolute atomic E-state index is 0.00961. The maximum absolute atomic E-state index is 13.3. The van der Waals surface area contributed by atoms with E-state index in [1.165, 1.54) is 16.8 Å². The van der Waals surface area contributed by atoms with E-state index in [0.29, 0.717) is 11.5 Å². The van der Waals surface area contributed by atoms with Gasteiger partial charge in [-0.3, -0.25) is 14.3 Å². The van der Waals surface area contributed by atoms with E-state index < -0.39 is 49.9 Å². The number of H-pyrrole nitrogens is 1. The van der Waals surface area contributed by atoms with E-state index >= 15 is 0 Å². The molecule has 0 aliphatic carbocycles. The average molecular weight is 761 g/mol. The van der Waals surface area contributed by atoms with Crippen molar-refractivity contribution >= 4 is 8.53 Å². The SMILES string of the molecule is COc1ccc(C(OC[C@H]2O[C@@H](n3ccc(=O)[nH]c3=O)[C@H](OP(OCCC#N)N(C(C)C)C(C)C)[C@@H]2OC)(c2ccccc2)c2ccc(OC)cc2)cc1. The second-order valence-corrected chi connectivity index (χ2v) is 14.6. The van der Waals surface area contributed by atoms with Crippen molar-refractivity contribution in [3.8, 4) is 17.6 Å². The highest BCUT2D eigenvalue weighted by Crippen LogP contribution is 2.51. The average Bonchev–Trinajstić information content (AvgIpc) is 3.51. The van der Waals surface area contributed by atoms with Crippen LogP contribution in [0.2, 0.25) is 0 Å². The molecule has 2 heterocycles. The van der Waals surface area contributed by atoms with Crippen LogP contribution in [0.15, 0.2) is 101 Å². The van der Waals surface area contributed by atoms with Crippen molar-refractivity contribution in [1.29, 1.82) is 5.26 Å². The van der Waals surface area contributed by atoms with Crippen molar-refractivity contribution in [2.75, 3.05) is 34.5 Å². The zero-order valence-electron chi connectivity index (χ0n) is 31.7. The van der Waals surface area contributed by atoms with E-state index in [-0.39, 0.29) is 31.7 Å². The van der Waals surface area contributed by atoms with Gasteiger partial charge in [0.1, 0.15) is 35.4 Å². The Labute approximate surface area is 317 Å². The highest BCUT2D eigenvalue weighted by Gasteiger charge is 2.51. The highest BCUT2D eigenvalue weighted by atomic mass is 31.2. The Balaban J connectivity index is 1.61. The molecule has 1 aliphatic heterocycles. The third-order valence-corrected chi connectivity index (χ3v) is 11.3. The van der Waals surface area contributed by atoms with Crippen LogP contribution < -0.4 is 20.7 Å². The summed E-state index contributed by atoms with van der Waals surface area (Å²) < 4.78 is 47.5. The first-order valence-corrected chi connectivity index (χ1v) is 18.9. The van der Waals surface area contributed by atoms with Crippen LogP contribution in [-0.2, 0) is 28.9 Å². The lowest BCUT2D eigenvalue weighted by atomic mass is 9.80. The summed E-state index contributed by atoms with van der Waals surface area (Å²) in [4.78, 5) is 27.8. The Morgan fingerprint density at radius 3 is 1.93 bits per heavy atom. The monoisotopic (exact) mass is 760 g/mol. The van der Waals surface area contributed by atoms with Crippen molar-refractivity contribution in [3.05, 3.63) is 129 Å². The molecule has 14 heteroatoms. The number of methoxy groups -OCH3 is 3. The van der Waals surface area contributed by atoms with Gasteiger partial charge in [0.2, 0.25) is 0 Å². The summed E-state index contributed by atoms with van der Waals surface area (Å²) in [5.74, 6) is 1.38. The van der Waals surface area contributed by atoms with E-state index in [2.05, 4.69) is 15.7 Å². The van der Waals surface area contributed by atoms with Gasteiger partial charge < -0.3 is 32.7 Å². The number of hydrogen-bond acceptors (Lipinski definition) is 11. The molecule has 3 aromatic carbocycles. The fourth-order valence-corrected chi connectivity index (χ4v) is 8.51. The van der Waals surface area contributed by atoms with Gasteiger partial charge in [-0.25, -0.2) is 9.46 Å². The molecule has 0 bridgehead atoms. The number of aromatic nitrogens is 2. The van der Waals surface area contributed by atoms with Gasteiger partial charge in [0.05, 0.1) is 39.9 Å². The highest BCUT2D eigenvalue weighted by molar-refractivity contribution is 7.44. The lowest BCUT2D eigenvalue weighted by molar-refractivity contribution is -0.0994. The van der Waals surface area contributed by atoms with E-state index in [9.17, 15) is 14.9 Å². The molecule has 1 aromatic heterocycles. The lowest BCUT2D eigenvalue weighted by Crippen LogP contribution is -2.43. The van der Waals surface area contributed by atoms with Crippen molar-refractivity contribution in [3.63, 3.8) is 0 Å². The molecule has 1 fully saturated rings. The van der Waals surface area contributed by atoms with Crippen molar-refractivity contribution in [2.45, 2.75) is 76.3 Å². The first-order chi connectivity index (χ1) is 26.1. The zero-order chi connectivity index (χ0) is 38.8. The quantitative estimate of drug-likeness (QED) is 0.0710. The van der Waals surface area contributed by atoms with Crippen LogP contribution in [0.3, 0.4) is 0 Å². The molecule has 0 saturated carbocycles. The third-order valence-electron chi connectivity index (χ3n) is 9.19. The second kappa shape index (κ2) is 18.8. The van der Waals surface area contributed by atoms with E-state index in [4.69, 9.17) is 32.7 Å². The van der Waals surface area contributed by atoms with Gasteiger partial charge in [-0.1, -0.05) is 54.6 Å². The fourth-order valence-electron chi connectivity index (χ4n) is 6.77. The molecule has 0 radical (unpaired) electrons. The molecule has 54 heavy (non-hydrogen) atoms. The Kier molecular flexibility index (Phi) is 14.2. The zero-order valence-corrected chi connectivity index (χ0v) is 32.6. The molecule has 5 atom stereocenters. The molecule has 13 nitrogen and oxygen atoms in total. The molecule has 1 aliphatic rings. The van der Waals surface area contributed by atoms with Gasteiger partial charge >= 0.3 is 5.69 Å². The summed E-state index contributed by atoms with van der Waals surface area (Å²) in [5.41, 5.74) is 0.122. The summed E-state index contributed by atoms with van der Waals surface area (Å²) in [5, 5.41) is 9.29. The number of hydrogen-bond donors (Lipinski definition) is 1. The van der Waals surface area contributed by atoms with Crippen LogP contribution in [0.25, 0.3) is 0 Å².